The first-order chi connectivity index (χ1) is 39.8. The van der Waals surface area contributed by atoms with Gasteiger partial charge in [0.25, 0.3) is 0 Å². The van der Waals surface area contributed by atoms with Crippen LogP contribution in [0.2, 0.25) is 0 Å². The first-order valence-electron chi connectivity index (χ1n) is 30.0. The monoisotopic (exact) mass is 1190 g/mol. The number of nitrogens with zero attached hydrogens (tertiary/aromatic N) is 2. The fourth-order valence-electron chi connectivity index (χ4n) is 13.8. The normalized spacial score (nSPS) is 41.9. The molecule has 24 atom stereocenters. The van der Waals surface area contributed by atoms with Crippen LogP contribution in [0.15, 0.2) is 12.1 Å². The van der Waals surface area contributed by atoms with Crippen molar-refractivity contribution >= 4 is 11.6 Å². The van der Waals surface area contributed by atoms with E-state index in [1.807, 2.05) is 58.8 Å². The molecule has 2 aliphatic carbocycles. The summed E-state index contributed by atoms with van der Waals surface area (Å²) in [5, 5.41) is 92.1. The zero-order valence-corrected chi connectivity index (χ0v) is 49.9. The summed E-state index contributed by atoms with van der Waals surface area (Å²) in [7, 11) is 7.50. The number of hydrogen-bond acceptors (Lipinski definition) is 24. The van der Waals surface area contributed by atoms with Crippen LogP contribution in [0.3, 0.4) is 0 Å². The molecule has 6 fully saturated rings. The zero-order valence-electron chi connectivity index (χ0n) is 49.9. The van der Waals surface area contributed by atoms with Gasteiger partial charge in [-0.2, -0.15) is 0 Å². The number of carbonyl (C=O) groups excluding carboxylic acids is 2. The molecule has 470 valence electrons. The van der Waals surface area contributed by atoms with Gasteiger partial charge in [0.05, 0.1) is 95.0 Å². The van der Waals surface area contributed by atoms with Gasteiger partial charge in [-0.15, -0.1) is 0 Å². The predicted octanol–water partition coefficient (Wildman–Crippen LogP) is 4.41. The number of aromatic hydroxyl groups is 4. The number of rotatable bonds is 15. The van der Waals surface area contributed by atoms with E-state index in [2.05, 4.69) is 0 Å². The number of fused-ring (bicyclic) bond motifs is 3. The summed E-state index contributed by atoms with van der Waals surface area (Å²) in [5.41, 5.74) is -4.81. The van der Waals surface area contributed by atoms with E-state index in [1.54, 1.807) is 27.7 Å². The van der Waals surface area contributed by atoms with E-state index in [0.29, 0.717) is 38.5 Å². The number of phenolic OH excluding ortho intramolecular Hbond substituents is 4. The highest BCUT2D eigenvalue weighted by atomic mass is 16.8. The zero-order chi connectivity index (χ0) is 60.5. The molecule has 0 radical (unpaired) electrons. The molecule has 0 amide bonds. The second-order valence-electron chi connectivity index (χ2n) is 24.9. The van der Waals surface area contributed by atoms with Crippen LogP contribution in [-0.4, -0.2) is 225 Å². The van der Waals surface area contributed by atoms with Crippen LogP contribution in [0, 0.1) is 0 Å². The van der Waals surface area contributed by atoms with Gasteiger partial charge in [0.2, 0.25) is 11.6 Å². The quantitative estimate of drug-likeness (QED) is 0.0978. The predicted molar refractivity (Wildman–Crippen MR) is 294 cm³/mol. The molecular weight excluding hydrogens is 1100 g/mol. The standard InChI is InChI=1S/C60H88N2O22/c1-12-60(72)24-39(80-43-21-31(61(8)9)57(29(6)76-43)83-45-23-37(67)58(30(7)78-45)82-41-19-16-34(64)26(3)74-41)48-51(55(71)50-49(54(48)70)52(68)46-35(65)13-14-36(66)47(46)53(50)69)59(60)84-44-22-32(62(10)11)56(28(5)77-44)81-42-20-17-38(27(4)75-42)79-40-18-15-33(63)25(2)73-40/h13-14,25-34,37-45,56-59,63-67,70-72H,12,15-24H2,1-11H3/t25?,26?,27?,28?,29?,30?,31?,32?,33?,34?,37?,38?,39-,40?,41?,42?,43?,44?,45?,56?,57?,58?,59+,60+/m0/s1. The van der Waals surface area contributed by atoms with Gasteiger partial charge in [-0.3, -0.25) is 9.59 Å². The minimum atomic E-state index is -1.93. The Hall–Kier alpha value is -3.74. The Bertz CT molecular complexity index is 2670. The number of aliphatic hydroxyl groups is 4. The molecule has 6 saturated heterocycles. The van der Waals surface area contributed by atoms with E-state index >= 15 is 0 Å². The van der Waals surface area contributed by atoms with Crippen molar-refractivity contribution in [1.29, 1.82) is 0 Å². The van der Waals surface area contributed by atoms with Gasteiger partial charge < -0.3 is 107 Å². The van der Waals surface area contributed by atoms with Crippen LogP contribution in [0.4, 0.5) is 0 Å². The van der Waals surface area contributed by atoms with E-state index in [-0.39, 0.29) is 67.6 Å². The molecule has 0 bridgehead atoms. The van der Waals surface area contributed by atoms with Crippen LogP contribution >= 0.6 is 0 Å². The maximum absolute atomic E-state index is 14.6. The van der Waals surface area contributed by atoms with Crippen LogP contribution in [0.25, 0.3) is 0 Å². The molecule has 0 spiro atoms. The third-order valence-corrected chi connectivity index (χ3v) is 18.7. The van der Waals surface area contributed by atoms with Gasteiger partial charge in [0.15, 0.2) is 37.7 Å². The summed E-state index contributed by atoms with van der Waals surface area (Å²) in [6, 6.07) is 1.30. The third-order valence-electron chi connectivity index (χ3n) is 18.7. The van der Waals surface area contributed by atoms with Gasteiger partial charge >= 0.3 is 0 Å². The molecule has 0 saturated carbocycles. The largest absolute Gasteiger partial charge is 0.507 e. The Kier molecular flexibility index (Phi) is 19.1. The Balaban J connectivity index is 0.898. The number of benzene rings is 2. The first-order valence-corrected chi connectivity index (χ1v) is 30.0. The summed E-state index contributed by atoms with van der Waals surface area (Å²) >= 11 is 0. The maximum atomic E-state index is 14.6. The van der Waals surface area contributed by atoms with Crippen molar-refractivity contribution in [3.8, 4) is 23.0 Å². The molecule has 2 aromatic rings. The molecule has 21 unspecified atom stereocenters. The summed E-state index contributed by atoms with van der Waals surface area (Å²) in [5.74, 6) is -4.99. The number of phenols is 4. The minimum Gasteiger partial charge on any atom is -0.507 e. The molecule has 10 rings (SSSR count). The topological polar surface area (TPSA) is 313 Å². The second kappa shape index (κ2) is 25.4. The number of ketones is 2. The van der Waals surface area contributed by atoms with E-state index in [0.717, 1.165) is 12.1 Å². The van der Waals surface area contributed by atoms with E-state index in [1.165, 1.54) is 0 Å². The molecule has 0 aromatic heterocycles. The molecule has 84 heavy (non-hydrogen) atoms. The lowest BCUT2D eigenvalue weighted by Crippen LogP contribution is -2.58. The molecular formula is C60H88N2O22. The molecule has 24 nitrogen and oxygen atoms in total. The molecule has 8 N–H and O–H groups in total. The average molecular weight is 1190 g/mol. The number of likely N-dealkylation sites (N-methyl/N-ethyl adjacent to an activating group) is 2. The lowest BCUT2D eigenvalue weighted by Gasteiger charge is -2.50. The van der Waals surface area contributed by atoms with Gasteiger partial charge in [0.1, 0.15) is 47.4 Å². The van der Waals surface area contributed by atoms with Crippen molar-refractivity contribution in [2.75, 3.05) is 28.2 Å². The van der Waals surface area contributed by atoms with Crippen molar-refractivity contribution in [3.05, 3.63) is 45.5 Å². The summed E-state index contributed by atoms with van der Waals surface area (Å²) in [6.07, 6.45) is -11.6. The SMILES string of the molecule is CC[C@@]1(O)C[C@H](OC2CC(N(C)C)C(OC3CC(O)C(OC4CCC(O)C(C)O4)C(C)O3)C(C)O2)c2c(O)c3c(c(O)c2[C@H]1OC1CC(N(C)C)C(OC2CCC(OC4CCC(O)C(C)O4)C(C)O2)C(C)O1)C(=O)c1c(O)ccc(O)c1C3=O. The minimum absolute atomic E-state index is 0.0227. The van der Waals surface area contributed by atoms with Crippen molar-refractivity contribution in [3.63, 3.8) is 0 Å². The van der Waals surface area contributed by atoms with Gasteiger partial charge in [-0.1, -0.05) is 6.92 Å². The fraction of sp³-hybridized carbons (Fsp3) is 0.767. The van der Waals surface area contributed by atoms with E-state index in [9.17, 15) is 50.4 Å². The van der Waals surface area contributed by atoms with Crippen molar-refractivity contribution < 1.29 is 107 Å². The van der Waals surface area contributed by atoms with Gasteiger partial charge in [0, 0.05) is 68.2 Å². The fourth-order valence-corrected chi connectivity index (χ4v) is 13.8. The van der Waals surface area contributed by atoms with E-state index in [4.69, 9.17) is 56.8 Å². The summed E-state index contributed by atoms with van der Waals surface area (Å²) < 4.78 is 77.2. The van der Waals surface area contributed by atoms with Crippen LogP contribution < -0.4 is 0 Å². The third kappa shape index (κ3) is 12.4. The lowest BCUT2D eigenvalue weighted by atomic mass is 9.70. The van der Waals surface area contributed by atoms with Gasteiger partial charge in [-0.25, -0.2) is 0 Å². The molecule has 6 heterocycles. The van der Waals surface area contributed by atoms with Crippen LogP contribution in [0.5, 0.6) is 23.0 Å². The Morgan fingerprint density at radius 2 is 0.905 bits per heavy atom. The molecule has 2 aromatic carbocycles. The summed E-state index contributed by atoms with van der Waals surface area (Å²) in [4.78, 5) is 33.1. The second-order valence-corrected chi connectivity index (χ2v) is 24.9. The highest BCUT2D eigenvalue weighted by molar-refractivity contribution is 6.32. The average Bonchev–Trinajstić information content (AvgIpc) is 0.735. The van der Waals surface area contributed by atoms with Crippen molar-refractivity contribution in [1.82, 2.24) is 9.80 Å². The molecule has 8 aliphatic rings. The molecule has 6 aliphatic heterocycles. The Morgan fingerprint density at radius 3 is 1.38 bits per heavy atom. The smallest absolute Gasteiger partial charge is 0.202 e. The number of aliphatic hydroxyl groups excluding tert-OH is 3. The van der Waals surface area contributed by atoms with Crippen LogP contribution in [-0.2, 0) is 56.8 Å². The highest BCUT2D eigenvalue weighted by Gasteiger charge is 2.56. The summed E-state index contributed by atoms with van der Waals surface area (Å²) in [6.45, 7) is 12.6. The number of ether oxygens (including phenoxy) is 12. The first kappa shape index (κ1) is 63.3. The van der Waals surface area contributed by atoms with Crippen molar-refractivity contribution in [2.24, 2.45) is 0 Å². The van der Waals surface area contributed by atoms with Gasteiger partial charge in [-0.05, 0) is 108 Å². The van der Waals surface area contributed by atoms with E-state index < -0.39 is 179 Å². The maximum Gasteiger partial charge on any atom is 0.202 e. The Labute approximate surface area is 490 Å². The lowest BCUT2D eigenvalue weighted by molar-refractivity contribution is -0.330. The number of hydrogen-bond donors (Lipinski definition) is 8. The number of carbonyl (C=O) groups is 2. The Morgan fingerprint density at radius 1 is 0.488 bits per heavy atom. The van der Waals surface area contributed by atoms with Crippen LogP contribution in [0.1, 0.15) is 174 Å². The molecule has 24 heteroatoms. The highest BCUT2D eigenvalue weighted by Crippen LogP contribution is 2.59. The van der Waals surface area contributed by atoms with Crippen molar-refractivity contribution in [2.45, 2.75) is 266 Å².